The SMILES string of the molecule is CNCCN1CC(C(C)(C)C)N(C)C1=O. The molecule has 1 aliphatic rings. The van der Waals surface area contributed by atoms with Gasteiger partial charge in [0, 0.05) is 26.7 Å². The lowest BCUT2D eigenvalue weighted by Crippen LogP contribution is -2.39. The lowest BCUT2D eigenvalue weighted by molar-refractivity contribution is 0.173. The Morgan fingerprint density at radius 1 is 1.47 bits per heavy atom. The first-order valence-electron chi connectivity index (χ1n) is 5.54. The summed E-state index contributed by atoms with van der Waals surface area (Å²) < 4.78 is 0. The number of nitrogens with zero attached hydrogens (tertiary/aromatic N) is 2. The second-order valence-electron chi connectivity index (χ2n) is 5.32. The summed E-state index contributed by atoms with van der Waals surface area (Å²) in [7, 11) is 3.81. The molecule has 4 nitrogen and oxygen atoms in total. The number of amides is 2. The average Bonchev–Trinajstić information content (AvgIpc) is 2.41. The van der Waals surface area contributed by atoms with Gasteiger partial charge in [0.15, 0.2) is 0 Å². The highest BCUT2D eigenvalue weighted by Gasteiger charge is 2.40. The lowest BCUT2D eigenvalue weighted by Gasteiger charge is -2.30. The molecule has 0 aromatic rings. The third-order valence-electron chi connectivity index (χ3n) is 3.06. The van der Waals surface area contributed by atoms with Crippen LogP contribution in [0, 0.1) is 5.41 Å². The van der Waals surface area contributed by atoms with E-state index in [1.807, 2.05) is 23.9 Å². The minimum Gasteiger partial charge on any atom is -0.322 e. The molecule has 15 heavy (non-hydrogen) atoms. The molecule has 1 unspecified atom stereocenters. The molecular formula is C11H23N3O. The highest BCUT2D eigenvalue weighted by Crippen LogP contribution is 2.29. The van der Waals surface area contributed by atoms with Gasteiger partial charge in [0.05, 0.1) is 6.04 Å². The Kier molecular flexibility index (Phi) is 3.60. The zero-order valence-corrected chi connectivity index (χ0v) is 10.5. The fourth-order valence-electron chi connectivity index (χ4n) is 2.05. The van der Waals surface area contributed by atoms with Gasteiger partial charge in [0.2, 0.25) is 0 Å². The van der Waals surface area contributed by atoms with Crippen molar-refractivity contribution in [3.05, 3.63) is 0 Å². The third kappa shape index (κ3) is 2.62. The molecule has 0 bridgehead atoms. The van der Waals surface area contributed by atoms with Gasteiger partial charge in [-0.2, -0.15) is 0 Å². The molecule has 0 saturated carbocycles. The van der Waals surface area contributed by atoms with Gasteiger partial charge in [-0.05, 0) is 12.5 Å². The number of rotatable bonds is 3. The van der Waals surface area contributed by atoms with Gasteiger partial charge in [0.25, 0.3) is 0 Å². The van der Waals surface area contributed by atoms with E-state index in [1.165, 1.54) is 0 Å². The molecule has 2 amide bonds. The van der Waals surface area contributed by atoms with Crippen molar-refractivity contribution in [1.29, 1.82) is 0 Å². The van der Waals surface area contributed by atoms with Crippen molar-refractivity contribution < 1.29 is 4.79 Å². The van der Waals surface area contributed by atoms with Crippen LogP contribution in [0.2, 0.25) is 0 Å². The Bertz CT molecular complexity index is 234. The van der Waals surface area contributed by atoms with Gasteiger partial charge in [-0.1, -0.05) is 20.8 Å². The van der Waals surface area contributed by atoms with Crippen LogP contribution in [0.5, 0.6) is 0 Å². The minimum absolute atomic E-state index is 0.152. The van der Waals surface area contributed by atoms with Crippen molar-refractivity contribution in [1.82, 2.24) is 15.1 Å². The quantitative estimate of drug-likeness (QED) is 0.759. The molecule has 1 saturated heterocycles. The lowest BCUT2D eigenvalue weighted by atomic mass is 9.86. The summed E-state index contributed by atoms with van der Waals surface area (Å²) in [6, 6.07) is 0.479. The number of carbonyl (C=O) groups excluding carboxylic acids is 1. The van der Waals surface area contributed by atoms with E-state index in [1.54, 1.807) is 0 Å². The molecule has 1 rings (SSSR count). The number of urea groups is 1. The predicted octanol–water partition coefficient (Wildman–Crippen LogP) is 0.988. The van der Waals surface area contributed by atoms with Crippen LogP contribution in [-0.2, 0) is 0 Å². The Morgan fingerprint density at radius 2 is 2.07 bits per heavy atom. The second kappa shape index (κ2) is 4.39. The van der Waals surface area contributed by atoms with Gasteiger partial charge >= 0.3 is 6.03 Å². The second-order valence-corrected chi connectivity index (χ2v) is 5.32. The standard InChI is InChI=1S/C11H23N3O/c1-11(2,3)9-8-14(7-6-12-4)10(15)13(9)5/h9,12H,6-8H2,1-5H3. The van der Waals surface area contributed by atoms with Crippen molar-refractivity contribution in [2.24, 2.45) is 5.41 Å². The smallest absolute Gasteiger partial charge is 0.320 e. The fourth-order valence-corrected chi connectivity index (χ4v) is 2.05. The summed E-state index contributed by atoms with van der Waals surface area (Å²) in [6.07, 6.45) is 0. The van der Waals surface area contributed by atoms with Gasteiger partial charge in [0.1, 0.15) is 0 Å². The van der Waals surface area contributed by atoms with Crippen LogP contribution in [0.4, 0.5) is 4.79 Å². The Hall–Kier alpha value is -0.770. The Labute approximate surface area is 92.6 Å². The van der Waals surface area contributed by atoms with Crippen molar-refractivity contribution in [3.63, 3.8) is 0 Å². The highest BCUT2D eigenvalue weighted by molar-refractivity contribution is 5.77. The zero-order chi connectivity index (χ0) is 11.6. The van der Waals surface area contributed by atoms with Crippen LogP contribution in [0.3, 0.4) is 0 Å². The van der Waals surface area contributed by atoms with Gasteiger partial charge < -0.3 is 15.1 Å². The fraction of sp³-hybridized carbons (Fsp3) is 0.909. The van der Waals surface area contributed by atoms with Crippen LogP contribution in [-0.4, -0.2) is 55.6 Å². The summed E-state index contributed by atoms with van der Waals surface area (Å²) in [5.74, 6) is 0. The largest absolute Gasteiger partial charge is 0.322 e. The van der Waals surface area contributed by atoms with E-state index in [-0.39, 0.29) is 11.4 Å². The number of likely N-dealkylation sites (N-methyl/N-ethyl adjacent to an activating group) is 2. The van der Waals surface area contributed by atoms with E-state index in [9.17, 15) is 4.79 Å². The molecule has 1 fully saturated rings. The average molecular weight is 213 g/mol. The molecule has 4 heteroatoms. The summed E-state index contributed by atoms with van der Waals surface area (Å²) >= 11 is 0. The van der Waals surface area contributed by atoms with Crippen LogP contribution in [0.15, 0.2) is 0 Å². The molecule has 0 radical (unpaired) electrons. The molecule has 1 heterocycles. The van der Waals surface area contributed by atoms with E-state index in [0.717, 1.165) is 19.6 Å². The minimum atomic E-state index is 0.152. The van der Waals surface area contributed by atoms with Crippen molar-refractivity contribution in [2.75, 3.05) is 33.7 Å². The molecule has 1 N–H and O–H groups in total. The number of carbonyl (C=O) groups is 1. The highest BCUT2D eigenvalue weighted by atomic mass is 16.2. The van der Waals surface area contributed by atoms with Gasteiger partial charge in [-0.15, -0.1) is 0 Å². The maximum absolute atomic E-state index is 11.9. The first-order valence-corrected chi connectivity index (χ1v) is 5.54. The summed E-state index contributed by atoms with van der Waals surface area (Å²) in [5, 5.41) is 3.07. The monoisotopic (exact) mass is 213 g/mol. The molecule has 0 aromatic carbocycles. The van der Waals surface area contributed by atoms with Crippen LogP contribution in [0.1, 0.15) is 20.8 Å². The number of hydrogen-bond donors (Lipinski definition) is 1. The van der Waals surface area contributed by atoms with Crippen LogP contribution < -0.4 is 5.32 Å². The van der Waals surface area contributed by atoms with E-state index < -0.39 is 0 Å². The topological polar surface area (TPSA) is 35.6 Å². The van der Waals surface area contributed by atoms with Crippen LogP contribution >= 0.6 is 0 Å². The van der Waals surface area contributed by atoms with Crippen molar-refractivity contribution in [2.45, 2.75) is 26.8 Å². The first kappa shape index (κ1) is 12.3. The van der Waals surface area contributed by atoms with E-state index in [0.29, 0.717) is 6.04 Å². The zero-order valence-electron chi connectivity index (χ0n) is 10.5. The summed E-state index contributed by atoms with van der Waals surface area (Å²) in [6.45, 7) is 9.05. The molecule has 0 spiro atoms. The van der Waals surface area contributed by atoms with E-state index in [4.69, 9.17) is 0 Å². The number of nitrogens with one attached hydrogen (secondary N) is 1. The number of hydrogen-bond acceptors (Lipinski definition) is 2. The van der Waals surface area contributed by atoms with Crippen molar-refractivity contribution in [3.8, 4) is 0 Å². The predicted molar refractivity (Wildman–Crippen MR) is 61.9 cm³/mol. The molecule has 0 aromatic heterocycles. The molecule has 1 aliphatic heterocycles. The van der Waals surface area contributed by atoms with E-state index in [2.05, 4.69) is 26.1 Å². The maximum Gasteiger partial charge on any atom is 0.320 e. The summed E-state index contributed by atoms with van der Waals surface area (Å²) in [5.41, 5.74) is 0.152. The van der Waals surface area contributed by atoms with Crippen LogP contribution in [0.25, 0.3) is 0 Å². The molecular weight excluding hydrogens is 190 g/mol. The van der Waals surface area contributed by atoms with Gasteiger partial charge in [-0.3, -0.25) is 0 Å². The third-order valence-corrected chi connectivity index (χ3v) is 3.06. The molecule has 1 atom stereocenters. The van der Waals surface area contributed by atoms with Crippen molar-refractivity contribution >= 4 is 6.03 Å². The molecule has 88 valence electrons. The molecule has 0 aliphatic carbocycles. The normalized spacial score (nSPS) is 22.7. The maximum atomic E-state index is 11.9. The van der Waals surface area contributed by atoms with Gasteiger partial charge in [-0.25, -0.2) is 4.79 Å². The van der Waals surface area contributed by atoms with E-state index >= 15 is 0 Å². The summed E-state index contributed by atoms with van der Waals surface area (Å²) in [4.78, 5) is 15.7. The first-order chi connectivity index (χ1) is 6.88. The Morgan fingerprint density at radius 3 is 2.47 bits per heavy atom. The Balaban J connectivity index is 2.64.